The lowest BCUT2D eigenvalue weighted by Gasteiger charge is -2.17. The molecule has 0 radical (unpaired) electrons. The Hall–Kier alpha value is -1.78. The Morgan fingerprint density at radius 1 is 1.19 bits per heavy atom. The maximum absolute atomic E-state index is 13.5. The minimum atomic E-state index is -0.515. The summed E-state index contributed by atoms with van der Waals surface area (Å²) in [6.07, 6.45) is 0. The van der Waals surface area contributed by atoms with Crippen molar-refractivity contribution < 1.29 is 4.39 Å². The van der Waals surface area contributed by atoms with Crippen LogP contribution in [0.3, 0.4) is 0 Å². The minimum absolute atomic E-state index is 0.0370. The number of rotatable bonds is 2. The van der Waals surface area contributed by atoms with Gasteiger partial charge >= 0.3 is 0 Å². The highest BCUT2D eigenvalue weighted by atomic mass is 35.5. The van der Waals surface area contributed by atoms with Gasteiger partial charge in [-0.25, -0.2) is 9.37 Å². The lowest BCUT2D eigenvalue weighted by atomic mass is 10.1. The average molecular weight is 324 g/mol. The van der Waals surface area contributed by atoms with E-state index in [-0.39, 0.29) is 11.1 Å². The van der Waals surface area contributed by atoms with Crippen LogP contribution in [0.4, 0.5) is 10.3 Å². The molecule has 3 aromatic rings. The van der Waals surface area contributed by atoms with Gasteiger partial charge in [-0.2, -0.15) is 0 Å². The summed E-state index contributed by atoms with van der Waals surface area (Å²) in [6, 6.07) is 10.2. The van der Waals surface area contributed by atoms with E-state index in [1.807, 2.05) is 31.2 Å². The molecule has 0 spiro atoms. The van der Waals surface area contributed by atoms with Crippen LogP contribution >= 0.6 is 23.2 Å². The molecule has 1 aromatic heterocycles. The zero-order valence-corrected chi connectivity index (χ0v) is 12.7. The quantitative estimate of drug-likeness (QED) is 0.744. The normalized spacial score (nSPS) is 12.8. The van der Waals surface area contributed by atoms with Gasteiger partial charge in [0.15, 0.2) is 0 Å². The molecule has 108 valence electrons. The Morgan fingerprint density at radius 2 is 1.90 bits per heavy atom. The van der Waals surface area contributed by atoms with Crippen LogP contribution in [0.25, 0.3) is 11.0 Å². The summed E-state index contributed by atoms with van der Waals surface area (Å²) in [5.74, 6) is -0.224. The third kappa shape index (κ3) is 2.34. The van der Waals surface area contributed by atoms with E-state index in [0.29, 0.717) is 22.0 Å². The smallest absolute Gasteiger partial charge is 0.201 e. The number of benzene rings is 2. The van der Waals surface area contributed by atoms with Crippen LogP contribution in [-0.4, -0.2) is 9.55 Å². The minimum Gasteiger partial charge on any atom is -0.369 e. The summed E-state index contributed by atoms with van der Waals surface area (Å²) >= 11 is 12.1. The van der Waals surface area contributed by atoms with Crippen molar-refractivity contribution in [3.8, 4) is 0 Å². The Labute approximate surface area is 131 Å². The van der Waals surface area contributed by atoms with Crippen molar-refractivity contribution in [2.24, 2.45) is 0 Å². The van der Waals surface area contributed by atoms with Gasteiger partial charge < -0.3 is 10.3 Å². The SMILES string of the molecule is CC(c1ccccc1Cl)n1c(N)nc2cc(F)c(Cl)cc21. The molecule has 0 bridgehead atoms. The van der Waals surface area contributed by atoms with Crippen LogP contribution < -0.4 is 5.73 Å². The zero-order valence-electron chi connectivity index (χ0n) is 11.1. The first-order chi connectivity index (χ1) is 9.99. The molecule has 0 aliphatic heterocycles. The number of nitrogen functional groups attached to an aromatic ring is 1. The lowest BCUT2D eigenvalue weighted by Crippen LogP contribution is -2.10. The Morgan fingerprint density at radius 3 is 2.62 bits per heavy atom. The highest BCUT2D eigenvalue weighted by molar-refractivity contribution is 6.31. The monoisotopic (exact) mass is 323 g/mol. The van der Waals surface area contributed by atoms with E-state index in [4.69, 9.17) is 28.9 Å². The third-order valence-electron chi connectivity index (χ3n) is 3.50. The summed E-state index contributed by atoms with van der Waals surface area (Å²) in [6.45, 7) is 1.95. The number of imidazole rings is 1. The molecule has 3 rings (SSSR count). The van der Waals surface area contributed by atoms with Crippen molar-refractivity contribution in [1.29, 1.82) is 0 Å². The van der Waals surface area contributed by atoms with Crippen molar-refractivity contribution in [1.82, 2.24) is 9.55 Å². The molecule has 2 aromatic carbocycles. The Balaban J connectivity index is 2.22. The summed E-state index contributed by atoms with van der Waals surface area (Å²) < 4.78 is 15.3. The predicted octanol–water partition coefficient (Wildman–Crippen LogP) is 4.67. The Kier molecular flexibility index (Phi) is 3.51. The summed E-state index contributed by atoms with van der Waals surface area (Å²) in [7, 11) is 0. The number of nitrogens with two attached hydrogens (primary N) is 1. The topological polar surface area (TPSA) is 43.8 Å². The van der Waals surface area contributed by atoms with Gasteiger partial charge in [0, 0.05) is 11.1 Å². The number of halogens is 3. The molecule has 21 heavy (non-hydrogen) atoms. The molecule has 0 saturated heterocycles. The number of aromatic nitrogens is 2. The maximum Gasteiger partial charge on any atom is 0.201 e. The van der Waals surface area contributed by atoms with E-state index in [1.54, 1.807) is 4.57 Å². The van der Waals surface area contributed by atoms with Crippen LogP contribution in [-0.2, 0) is 0 Å². The molecule has 1 heterocycles. The molecule has 3 nitrogen and oxygen atoms in total. The summed E-state index contributed by atoms with van der Waals surface area (Å²) in [5, 5.41) is 0.675. The second kappa shape index (κ2) is 5.20. The van der Waals surface area contributed by atoms with Gasteiger partial charge in [0.1, 0.15) is 5.82 Å². The number of anilines is 1. The van der Waals surface area contributed by atoms with Gasteiger partial charge in [-0.1, -0.05) is 41.4 Å². The van der Waals surface area contributed by atoms with E-state index >= 15 is 0 Å². The van der Waals surface area contributed by atoms with Gasteiger partial charge in [-0.3, -0.25) is 0 Å². The maximum atomic E-state index is 13.5. The van der Waals surface area contributed by atoms with Gasteiger partial charge in [0.05, 0.1) is 22.1 Å². The standard InChI is InChI=1S/C15H12Cl2FN3/c1-8(9-4-2-3-5-10(9)16)21-14-6-11(17)12(18)7-13(14)20-15(21)19/h2-8H,1H3,(H2,19,20). The van der Waals surface area contributed by atoms with Crippen molar-refractivity contribution in [3.05, 3.63) is 57.8 Å². The van der Waals surface area contributed by atoms with Crippen molar-refractivity contribution in [3.63, 3.8) is 0 Å². The first kappa shape index (κ1) is 14.2. The number of fused-ring (bicyclic) bond motifs is 1. The van der Waals surface area contributed by atoms with Crippen LogP contribution in [0.2, 0.25) is 10.0 Å². The second-order valence-electron chi connectivity index (χ2n) is 4.79. The molecule has 1 unspecified atom stereocenters. The zero-order chi connectivity index (χ0) is 15.1. The first-order valence-electron chi connectivity index (χ1n) is 6.36. The molecule has 2 N–H and O–H groups in total. The summed E-state index contributed by atoms with van der Waals surface area (Å²) in [4.78, 5) is 4.19. The van der Waals surface area contributed by atoms with Crippen LogP contribution in [0.1, 0.15) is 18.5 Å². The van der Waals surface area contributed by atoms with Gasteiger partial charge in [-0.05, 0) is 24.6 Å². The summed E-state index contributed by atoms with van der Waals surface area (Å²) in [5.41, 5.74) is 8.03. The molecule has 0 aliphatic carbocycles. The fraction of sp³-hybridized carbons (Fsp3) is 0.133. The highest BCUT2D eigenvalue weighted by Gasteiger charge is 2.19. The van der Waals surface area contributed by atoms with E-state index < -0.39 is 5.82 Å². The number of hydrogen-bond acceptors (Lipinski definition) is 2. The van der Waals surface area contributed by atoms with Crippen molar-refractivity contribution >= 4 is 40.2 Å². The van der Waals surface area contributed by atoms with E-state index in [9.17, 15) is 4.39 Å². The molecular formula is C15H12Cl2FN3. The Bertz CT molecular complexity index is 829. The lowest BCUT2D eigenvalue weighted by molar-refractivity contribution is 0.629. The largest absolute Gasteiger partial charge is 0.369 e. The molecule has 0 amide bonds. The van der Waals surface area contributed by atoms with Crippen molar-refractivity contribution in [2.75, 3.05) is 5.73 Å². The fourth-order valence-electron chi connectivity index (χ4n) is 2.47. The van der Waals surface area contributed by atoms with E-state index in [1.165, 1.54) is 12.1 Å². The van der Waals surface area contributed by atoms with E-state index in [0.717, 1.165) is 5.56 Å². The molecule has 0 fully saturated rings. The fourth-order valence-corrected chi connectivity index (χ4v) is 2.92. The van der Waals surface area contributed by atoms with Crippen LogP contribution in [0.15, 0.2) is 36.4 Å². The molecular weight excluding hydrogens is 312 g/mol. The second-order valence-corrected chi connectivity index (χ2v) is 5.61. The van der Waals surface area contributed by atoms with Gasteiger partial charge in [0.25, 0.3) is 0 Å². The van der Waals surface area contributed by atoms with Crippen molar-refractivity contribution in [2.45, 2.75) is 13.0 Å². The van der Waals surface area contributed by atoms with Gasteiger partial charge in [-0.15, -0.1) is 0 Å². The predicted molar refractivity (Wildman–Crippen MR) is 84.4 cm³/mol. The number of hydrogen-bond donors (Lipinski definition) is 1. The van der Waals surface area contributed by atoms with Gasteiger partial charge in [0.2, 0.25) is 5.95 Å². The number of nitrogens with zero attached hydrogens (tertiary/aromatic N) is 2. The van der Waals surface area contributed by atoms with E-state index in [2.05, 4.69) is 4.98 Å². The average Bonchev–Trinajstić information content (AvgIpc) is 2.74. The van der Waals surface area contributed by atoms with Crippen LogP contribution in [0.5, 0.6) is 0 Å². The van der Waals surface area contributed by atoms with Crippen LogP contribution in [0, 0.1) is 5.82 Å². The first-order valence-corrected chi connectivity index (χ1v) is 7.11. The third-order valence-corrected chi connectivity index (χ3v) is 4.14. The highest BCUT2D eigenvalue weighted by Crippen LogP contribution is 2.32. The molecule has 1 atom stereocenters. The molecule has 6 heteroatoms. The molecule has 0 saturated carbocycles. The molecule has 0 aliphatic rings.